The van der Waals surface area contributed by atoms with E-state index in [4.69, 9.17) is 9.47 Å². The van der Waals surface area contributed by atoms with Crippen LogP contribution in [0.5, 0.6) is 11.5 Å². The minimum atomic E-state index is -0.548. The fourth-order valence-electron chi connectivity index (χ4n) is 4.17. The number of carbonyl (C=O) groups excluding carboxylic acids is 2. The lowest BCUT2D eigenvalue weighted by Crippen LogP contribution is -2.19. The van der Waals surface area contributed by atoms with Crippen LogP contribution in [0.3, 0.4) is 0 Å². The van der Waals surface area contributed by atoms with Crippen molar-refractivity contribution in [3.05, 3.63) is 120 Å². The highest BCUT2D eigenvalue weighted by Gasteiger charge is 2.23. The van der Waals surface area contributed by atoms with Crippen LogP contribution in [0.4, 0.5) is 10.8 Å². The van der Waals surface area contributed by atoms with E-state index in [1.54, 1.807) is 31.4 Å². The zero-order chi connectivity index (χ0) is 29.3. The summed E-state index contributed by atoms with van der Waals surface area (Å²) in [5.41, 5.74) is 3.69. The number of hydrogen-bond acceptors (Lipinski definition) is 7. The molecular formula is C33H29N3O4S2. The van der Waals surface area contributed by atoms with Gasteiger partial charge in [0.15, 0.2) is 5.13 Å². The number of amides is 2. The number of methoxy groups -OCH3 is 1. The highest BCUT2D eigenvalue weighted by atomic mass is 32.2. The molecule has 2 N–H and O–H groups in total. The molecule has 0 saturated heterocycles. The Kier molecular flexibility index (Phi) is 9.53. The lowest BCUT2D eigenvalue weighted by molar-refractivity contribution is -0.115. The number of nitrogens with one attached hydrogen (secondary N) is 2. The van der Waals surface area contributed by atoms with Crippen molar-refractivity contribution in [2.45, 2.75) is 17.1 Å². The fourth-order valence-corrected chi connectivity index (χ4v) is 5.98. The zero-order valence-corrected chi connectivity index (χ0v) is 24.7. The van der Waals surface area contributed by atoms with Gasteiger partial charge in [0, 0.05) is 27.1 Å². The van der Waals surface area contributed by atoms with Gasteiger partial charge < -0.3 is 20.1 Å². The van der Waals surface area contributed by atoms with E-state index in [0.29, 0.717) is 28.7 Å². The second-order valence-corrected chi connectivity index (χ2v) is 11.1. The van der Waals surface area contributed by atoms with Gasteiger partial charge >= 0.3 is 0 Å². The Morgan fingerprint density at radius 2 is 1.67 bits per heavy atom. The Hall–Kier alpha value is -4.60. The van der Waals surface area contributed by atoms with Crippen molar-refractivity contribution < 1.29 is 19.1 Å². The number of nitrogens with zero attached hydrogens (tertiary/aromatic N) is 1. The first-order valence-corrected chi connectivity index (χ1v) is 15.0. The average Bonchev–Trinajstić information content (AvgIpc) is 3.49. The van der Waals surface area contributed by atoms with Gasteiger partial charge in [-0.25, -0.2) is 4.98 Å². The SMILES string of the molecule is CCOc1ccc(-c2csc(NC(=O)C(Sc3cccc(NC(=O)c4cccc(OC)c4)c3)c3ccccc3)n2)cc1. The third kappa shape index (κ3) is 7.37. The molecule has 2 amide bonds. The Morgan fingerprint density at radius 3 is 2.43 bits per heavy atom. The predicted molar refractivity (Wildman–Crippen MR) is 170 cm³/mol. The maximum absolute atomic E-state index is 13.6. The van der Waals surface area contributed by atoms with E-state index >= 15 is 0 Å². The molecule has 1 heterocycles. The number of aromatic nitrogens is 1. The van der Waals surface area contributed by atoms with Gasteiger partial charge in [-0.3, -0.25) is 9.59 Å². The summed E-state index contributed by atoms with van der Waals surface area (Å²) in [6.07, 6.45) is 0. The van der Waals surface area contributed by atoms with Crippen molar-refractivity contribution in [1.29, 1.82) is 0 Å². The van der Waals surface area contributed by atoms with Gasteiger partial charge in [-0.05, 0) is 73.2 Å². The number of rotatable bonds is 11. The van der Waals surface area contributed by atoms with E-state index in [-0.39, 0.29) is 11.8 Å². The van der Waals surface area contributed by atoms with Crippen molar-refractivity contribution in [3.8, 4) is 22.8 Å². The summed E-state index contributed by atoms with van der Waals surface area (Å²) < 4.78 is 10.8. The van der Waals surface area contributed by atoms with E-state index in [0.717, 1.165) is 27.5 Å². The third-order valence-electron chi connectivity index (χ3n) is 6.21. The Bertz CT molecular complexity index is 1660. The molecule has 212 valence electrons. The summed E-state index contributed by atoms with van der Waals surface area (Å²) in [4.78, 5) is 32.0. The van der Waals surface area contributed by atoms with Crippen molar-refractivity contribution in [3.63, 3.8) is 0 Å². The molecule has 1 atom stereocenters. The van der Waals surface area contributed by atoms with Crippen molar-refractivity contribution >= 4 is 45.7 Å². The maximum Gasteiger partial charge on any atom is 0.255 e. The summed E-state index contributed by atoms with van der Waals surface area (Å²) in [6, 6.07) is 31.7. The Morgan fingerprint density at radius 1 is 0.881 bits per heavy atom. The molecule has 5 rings (SSSR count). The lowest BCUT2D eigenvalue weighted by atomic mass is 10.1. The second-order valence-electron chi connectivity index (χ2n) is 9.11. The van der Waals surface area contributed by atoms with Crippen LogP contribution in [0.1, 0.15) is 28.1 Å². The van der Waals surface area contributed by atoms with Crippen LogP contribution in [-0.4, -0.2) is 30.5 Å². The molecule has 0 bridgehead atoms. The smallest absolute Gasteiger partial charge is 0.255 e. The van der Waals surface area contributed by atoms with Gasteiger partial charge in [-0.15, -0.1) is 23.1 Å². The zero-order valence-electron chi connectivity index (χ0n) is 23.1. The summed E-state index contributed by atoms with van der Waals surface area (Å²) in [7, 11) is 1.56. The van der Waals surface area contributed by atoms with E-state index in [9.17, 15) is 9.59 Å². The van der Waals surface area contributed by atoms with Gasteiger partial charge in [0.1, 0.15) is 16.7 Å². The summed E-state index contributed by atoms with van der Waals surface area (Å²) in [6.45, 7) is 2.55. The number of anilines is 2. The van der Waals surface area contributed by atoms with Crippen molar-refractivity contribution in [2.75, 3.05) is 24.4 Å². The lowest BCUT2D eigenvalue weighted by Gasteiger charge is -2.17. The summed E-state index contributed by atoms with van der Waals surface area (Å²) >= 11 is 2.78. The predicted octanol–water partition coefficient (Wildman–Crippen LogP) is 7.94. The maximum atomic E-state index is 13.6. The molecule has 0 aliphatic rings. The Balaban J connectivity index is 1.31. The molecule has 42 heavy (non-hydrogen) atoms. The molecule has 4 aromatic carbocycles. The number of benzene rings is 4. The fraction of sp³-hybridized carbons (Fsp3) is 0.121. The standard InChI is InChI=1S/C33H29N3O4S2/c1-3-40-26-17-15-22(16-18-26)29-21-41-33(35-29)36-32(38)30(23-9-5-4-6-10-23)42-28-14-8-12-25(20-28)34-31(37)24-11-7-13-27(19-24)39-2/h4-21,30H,3H2,1-2H3,(H,34,37)(H,35,36,38). The van der Waals surface area contributed by atoms with Gasteiger partial charge in [-0.2, -0.15) is 0 Å². The molecule has 5 aromatic rings. The van der Waals surface area contributed by atoms with Crippen LogP contribution in [0.25, 0.3) is 11.3 Å². The average molecular weight is 596 g/mol. The molecule has 1 aromatic heterocycles. The van der Waals surface area contributed by atoms with Crippen molar-refractivity contribution in [1.82, 2.24) is 4.98 Å². The first-order chi connectivity index (χ1) is 20.5. The minimum Gasteiger partial charge on any atom is -0.497 e. The number of thioether (sulfide) groups is 1. The monoisotopic (exact) mass is 595 g/mol. The van der Waals surface area contributed by atoms with Crippen LogP contribution in [0.15, 0.2) is 113 Å². The van der Waals surface area contributed by atoms with Crippen LogP contribution >= 0.6 is 23.1 Å². The molecule has 9 heteroatoms. The van der Waals surface area contributed by atoms with E-state index in [1.165, 1.54) is 23.1 Å². The third-order valence-corrected chi connectivity index (χ3v) is 8.22. The van der Waals surface area contributed by atoms with E-state index in [1.807, 2.05) is 91.2 Å². The topological polar surface area (TPSA) is 89.6 Å². The first-order valence-electron chi connectivity index (χ1n) is 13.3. The number of thiazole rings is 1. The Labute approximate surface area is 252 Å². The van der Waals surface area contributed by atoms with Crippen LogP contribution < -0.4 is 20.1 Å². The highest BCUT2D eigenvalue weighted by molar-refractivity contribution is 8.00. The van der Waals surface area contributed by atoms with E-state index in [2.05, 4.69) is 15.6 Å². The molecular weight excluding hydrogens is 567 g/mol. The minimum absolute atomic E-state index is 0.190. The highest BCUT2D eigenvalue weighted by Crippen LogP contribution is 2.38. The molecule has 0 aliphatic carbocycles. The molecule has 0 radical (unpaired) electrons. The first kappa shape index (κ1) is 28.9. The van der Waals surface area contributed by atoms with Gasteiger partial charge in [-0.1, -0.05) is 42.5 Å². The molecule has 0 saturated carbocycles. The normalized spacial score (nSPS) is 11.4. The number of ether oxygens (including phenoxy) is 2. The van der Waals surface area contributed by atoms with Gasteiger partial charge in [0.25, 0.3) is 5.91 Å². The van der Waals surface area contributed by atoms with Crippen LogP contribution in [0.2, 0.25) is 0 Å². The molecule has 0 spiro atoms. The number of hydrogen-bond donors (Lipinski definition) is 2. The summed E-state index contributed by atoms with van der Waals surface area (Å²) in [5, 5.41) is 7.83. The van der Waals surface area contributed by atoms with E-state index < -0.39 is 5.25 Å². The van der Waals surface area contributed by atoms with Crippen LogP contribution in [0, 0.1) is 0 Å². The van der Waals surface area contributed by atoms with Crippen LogP contribution in [-0.2, 0) is 4.79 Å². The van der Waals surface area contributed by atoms with Gasteiger partial charge in [0.05, 0.1) is 19.4 Å². The van der Waals surface area contributed by atoms with Gasteiger partial charge in [0.2, 0.25) is 5.91 Å². The molecule has 7 nitrogen and oxygen atoms in total. The number of carbonyl (C=O) groups is 2. The molecule has 0 fully saturated rings. The van der Waals surface area contributed by atoms with Crippen molar-refractivity contribution in [2.24, 2.45) is 0 Å². The quantitative estimate of drug-likeness (QED) is 0.151. The summed E-state index contributed by atoms with van der Waals surface area (Å²) in [5.74, 6) is 0.970. The molecule has 1 unspecified atom stereocenters. The second kappa shape index (κ2) is 13.8. The largest absolute Gasteiger partial charge is 0.497 e. The molecule has 0 aliphatic heterocycles.